The highest BCUT2D eigenvalue weighted by atomic mass is 79.9. The first kappa shape index (κ1) is 17.3. The number of hydrogen-bond donors (Lipinski definition) is 1. The third-order valence-corrected chi connectivity index (χ3v) is 3.45. The second-order valence-electron chi connectivity index (χ2n) is 4.70. The molecule has 0 aromatic heterocycles. The molecule has 2 aromatic rings. The van der Waals surface area contributed by atoms with Crippen LogP contribution in [0.15, 0.2) is 58.6 Å². The third-order valence-electron chi connectivity index (χ3n) is 2.96. The number of nitrogens with zero attached hydrogens (tertiary/aromatic N) is 1. The first-order valence-corrected chi connectivity index (χ1v) is 7.76. The summed E-state index contributed by atoms with van der Waals surface area (Å²) in [7, 11) is 0. The summed E-state index contributed by atoms with van der Waals surface area (Å²) in [4.78, 5) is 12.2. The molecular formula is C19H13BrN2O2. The predicted octanol–water partition coefficient (Wildman–Crippen LogP) is 4.01. The van der Waals surface area contributed by atoms with Crippen molar-refractivity contribution in [1.82, 2.24) is 0 Å². The Bertz CT molecular complexity index is 843. The molecule has 24 heavy (non-hydrogen) atoms. The van der Waals surface area contributed by atoms with Crippen molar-refractivity contribution in [2.75, 3.05) is 11.9 Å². The van der Waals surface area contributed by atoms with E-state index >= 15 is 0 Å². The molecule has 0 fully saturated rings. The van der Waals surface area contributed by atoms with Gasteiger partial charge >= 0.3 is 0 Å². The highest BCUT2D eigenvalue weighted by molar-refractivity contribution is 9.10. The number of carbonyl (C=O) groups excluding carboxylic acids is 1. The lowest BCUT2D eigenvalue weighted by Gasteiger charge is -2.05. The lowest BCUT2D eigenvalue weighted by molar-refractivity contribution is -0.112. The minimum absolute atomic E-state index is 0.00673. The molecule has 2 aromatic carbocycles. The van der Waals surface area contributed by atoms with E-state index in [1.165, 1.54) is 6.08 Å². The molecule has 0 saturated heterocycles. The Hall–Kier alpha value is -3.02. The van der Waals surface area contributed by atoms with Gasteiger partial charge < -0.3 is 10.1 Å². The molecule has 0 spiro atoms. The standard InChI is InChI=1S/C19H13BrN2O2/c1-2-10-24-18-8-6-14(7-9-18)11-15(13-21)19(23)22-17-5-3-4-16(20)12-17/h1,3-9,11-12H,10H2,(H,22,23)/b15-11-. The molecule has 0 atom stereocenters. The van der Waals surface area contributed by atoms with Gasteiger partial charge in [0.25, 0.3) is 5.91 Å². The summed E-state index contributed by atoms with van der Waals surface area (Å²) in [6, 6.07) is 16.0. The molecule has 5 heteroatoms. The first-order valence-electron chi connectivity index (χ1n) is 6.97. The number of ether oxygens (including phenoxy) is 1. The number of halogens is 1. The van der Waals surface area contributed by atoms with Gasteiger partial charge in [-0.15, -0.1) is 6.42 Å². The van der Waals surface area contributed by atoms with E-state index in [2.05, 4.69) is 27.2 Å². The van der Waals surface area contributed by atoms with Gasteiger partial charge in [0.1, 0.15) is 24.0 Å². The summed E-state index contributed by atoms with van der Waals surface area (Å²) in [5.41, 5.74) is 1.32. The molecule has 1 amide bonds. The summed E-state index contributed by atoms with van der Waals surface area (Å²) in [6.45, 7) is 0.188. The Morgan fingerprint density at radius 2 is 2.04 bits per heavy atom. The topological polar surface area (TPSA) is 62.1 Å². The van der Waals surface area contributed by atoms with Crippen LogP contribution in [0.1, 0.15) is 5.56 Å². The molecule has 4 nitrogen and oxygen atoms in total. The van der Waals surface area contributed by atoms with E-state index < -0.39 is 5.91 Å². The summed E-state index contributed by atoms with van der Waals surface area (Å²) in [5, 5.41) is 11.9. The molecule has 0 aliphatic rings. The van der Waals surface area contributed by atoms with Gasteiger partial charge in [-0.1, -0.05) is 40.0 Å². The second kappa shape index (κ2) is 8.57. The van der Waals surface area contributed by atoms with Crippen molar-refractivity contribution >= 4 is 33.6 Å². The lowest BCUT2D eigenvalue weighted by atomic mass is 10.1. The zero-order chi connectivity index (χ0) is 17.4. The average Bonchev–Trinajstić information content (AvgIpc) is 2.58. The fourth-order valence-electron chi connectivity index (χ4n) is 1.87. The number of terminal acetylenes is 1. The van der Waals surface area contributed by atoms with Crippen LogP contribution >= 0.6 is 15.9 Å². The fraction of sp³-hybridized carbons (Fsp3) is 0.0526. The van der Waals surface area contributed by atoms with Gasteiger partial charge in [-0.25, -0.2) is 0 Å². The van der Waals surface area contributed by atoms with Gasteiger partial charge in [-0.2, -0.15) is 5.26 Å². The summed E-state index contributed by atoms with van der Waals surface area (Å²) in [6.07, 6.45) is 6.64. The number of carbonyl (C=O) groups is 1. The zero-order valence-electron chi connectivity index (χ0n) is 12.6. The maximum Gasteiger partial charge on any atom is 0.266 e. The van der Waals surface area contributed by atoms with Crippen molar-refractivity contribution in [2.45, 2.75) is 0 Å². The first-order chi connectivity index (χ1) is 11.6. The molecule has 2 rings (SSSR count). The van der Waals surface area contributed by atoms with E-state index in [9.17, 15) is 10.1 Å². The molecular weight excluding hydrogens is 368 g/mol. The van der Waals surface area contributed by atoms with Crippen LogP contribution in [0.3, 0.4) is 0 Å². The van der Waals surface area contributed by atoms with Crippen LogP contribution in [0.2, 0.25) is 0 Å². The van der Waals surface area contributed by atoms with Crippen molar-refractivity contribution in [3.05, 3.63) is 64.1 Å². The Morgan fingerprint density at radius 1 is 1.29 bits per heavy atom. The van der Waals surface area contributed by atoms with Crippen molar-refractivity contribution < 1.29 is 9.53 Å². The van der Waals surface area contributed by atoms with Gasteiger partial charge in [0.05, 0.1) is 0 Å². The Labute approximate surface area is 148 Å². The van der Waals surface area contributed by atoms with E-state index in [0.717, 1.165) is 4.47 Å². The van der Waals surface area contributed by atoms with Crippen molar-refractivity contribution in [3.8, 4) is 24.2 Å². The number of hydrogen-bond acceptors (Lipinski definition) is 3. The molecule has 0 aliphatic carbocycles. The van der Waals surface area contributed by atoms with Gasteiger partial charge in [-0.05, 0) is 42.0 Å². The monoisotopic (exact) mass is 380 g/mol. The van der Waals surface area contributed by atoms with Crippen LogP contribution < -0.4 is 10.1 Å². The van der Waals surface area contributed by atoms with Crippen LogP contribution in [-0.2, 0) is 4.79 Å². The van der Waals surface area contributed by atoms with Crippen LogP contribution in [0, 0.1) is 23.7 Å². The average molecular weight is 381 g/mol. The summed E-state index contributed by atoms with van der Waals surface area (Å²) in [5.74, 6) is 2.54. The highest BCUT2D eigenvalue weighted by Crippen LogP contribution is 2.18. The normalized spacial score (nSPS) is 10.4. The van der Waals surface area contributed by atoms with Crippen LogP contribution in [0.4, 0.5) is 5.69 Å². The molecule has 118 valence electrons. The molecule has 0 heterocycles. The molecule has 0 saturated carbocycles. The largest absolute Gasteiger partial charge is 0.481 e. The Morgan fingerprint density at radius 3 is 2.67 bits per heavy atom. The number of amides is 1. The number of nitriles is 1. The molecule has 0 radical (unpaired) electrons. The SMILES string of the molecule is C#CCOc1ccc(/C=C(/C#N)C(=O)Nc2cccc(Br)c2)cc1. The molecule has 0 bridgehead atoms. The van der Waals surface area contributed by atoms with E-state index in [1.807, 2.05) is 12.1 Å². The number of anilines is 1. The summed E-state index contributed by atoms with van der Waals surface area (Å²) < 4.78 is 6.11. The number of benzene rings is 2. The quantitative estimate of drug-likeness (QED) is 0.484. The van der Waals surface area contributed by atoms with Crippen LogP contribution in [-0.4, -0.2) is 12.5 Å². The highest BCUT2D eigenvalue weighted by Gasteiger charge is 2.09. The Balaban J connectivity index is 2.12. The van der Waals surface area contributed by atoms with Crippen molar-refractivity contribution in [2.24, 2.45) is 0 Å². The van der Waals surface area contributed by atoms with Crippen molar-refractivity contribution in [3.63, 3.8) is 0 Å². The summed E-state index contributed by atoms with van der Waals surface area (Å²) >= 11 is 3.33. The number of rotatable bonds is 5. The zero-order valence-corrected chi connectivity index (χ0v) is 14.2. The van der Waals surface area contributed by atoms with Gasteiger partial charge in [0, 0.05) is 10.2 Å². The van der Waals surface area contributed by atoms with E-state index in [-0.39, 0.29) is 12.2 Å². The lowest BCUT2D eigenvalue weighted by Crippen LogP contribution is -2.13. The predicted molar refractivity (Wildman–Crippen MR) is 97.1 cm³/mol. The van der Waals surface area contributed by atoms with Gasteiger partial charge in [0.15, 0.2) is 0 Å². The minimum Gasteiger partial charge on any atom is -0.481 e. The second-order valence-corrected chi connectivity index (χ2v) is 5.61. The fourth-order valence-corrected chi connectivity index (χ4v) is 2.26. The van der Waals surface area contributed by atoms with E-state index in [0.29, 0.717) is 17.0 Å². The van der Waals surface area contributed by atoms with Gasteiger partial charge in [-0.3, -0.25) is 4.79 Å². The van der Waals surface area contributed by atoms with Crippen molar-refractivity contribution in [1.29, 1.82) is 5.26 Å². The van der Waals surface area contributed by atoms with Crippen LogP contribution in [0.5, 0.6) is 5.75 Å². The van der Waals surface area contributed by atoms with Gasteiger partial charge in [0.2, 0.25) is 0 Å². The van der Waals surface area contributed by atoms with E-state index in [1.54, 1.807) is 42.5 Å². The number of nitrogens with one attached hydrogen (secondary N) is 1. The maximum absolute atomic E-state index is 12.2. The minimum atomic E-state index is -0.469. The smallest absolute Gasteiger partial charge is 0.266 e. The maximum atomic E-state index is 12.2. The molecule has 0 aliphatic heterocycles. The van der Waals surface area contributed by atoms with Crippen LogP contribution in [0.25, 0.3) is 6.08 Å². The third kappa shape index (κ3) is 5.01. The molecule has 0 unspecified atom stereocenters. The van der Waals surface area contributed by atoms with E-state index in [4.69, 9.17) is 11.2 Å². The Kier molecular flexibility index (Phi) is 6.19. The molecule has 1 N–H and O–H groups in total.